The molecule has 1 fully saturated rings. The van der Waals surface area contributed by atoms with Gasteiger partial charge in [-0.05, 0) is 46.4 Å². The van der Waals surface area contributed by atoms with E-state index in [1.165, 1.54) is 21.9 Å². The van der Waals surface area contributed by atoms with Crippen molar-refractivity contribution in [2.75, 3.05) is 0 Å². The number of hydrogen-bond donors (Lipinski definition) is 0. The number of nitrogens with zero attached hydrogens (tertiary/aromatic N) is 1. The lowest BCUT2D eigenvalue weighted by molar-refractivity contribution is 0.815. The number of rotatable bonds is 2. The molecule has 7 rings (SSSR count). The van der Waals surface area contributed by atoms with Crippen LogP contribution in [0.5, 0.6) is 0 Å². The zero-order valence-electron chi connectivity index (χ0n) is 14.4. The second-order valence-corrected chi connectivity index (χ2v) is 7.74. The molecular weight excluding hydrogens is 314 g/mol. The van der Waals surface area contributed by atoms with Gasteiger partial charge in [-0.25, -0.2) is 0 Å². The SMILES string of the molecule is C1=CC2(c3cc4cc(-c5ccccc5)ccc4cn3)C=CC3C1C3C=C2. The van der Waals surface area contributed by atoms with Crippen molar-refractivity contribution >= 4 is 10.8 Å². The van der Waals surface area contributed by atoms with Gasteiger partial charge in [0, 0.05) is 11.6 Å². The van der Waals surface area contributed by atoms with E-state index in [1.54, 1.807) is 0 Å². The highest BCUT2D eigenvalue weighted by Gasteiger charge is 2.49. The van der Waals surface area contributed by atoms with Crippen molar-refractivity contribution in [3.8, 4) is 11.1 Å². The molecule has 1 aromatic heterocycles. The Morgan fingerprint density at radius 3 is 2.04 bits per heavy atom. The maximum absolute atomic E-state index is 4.84. The minimum Gasteiger partial charge on any atom is -0.259 e. The highest BCUT2D eigenvalue weighted by Crippen LogP contribution is 2.55. The Bertz CT molecular complexity index is 1050. The van der Waals surface area contributed by atoms with Gasteiger partial charge < -0.3 is 0 Å². The fourth-order valence-corrected chi connectivity index (χ4v) is 4.58. The molecule has 124 valence electrons. The van der Waals surface area contributed by atoms with Gasteiger partial charge in [-0.3, -0.25) is 4.98 Å². The monoisotopic (exact) mass is 333 g/mol. The molecule has 1 heteroatoms. The average Bonchev–Trinajstić information content (AvgIpc) is 3.46. The second-order valence-electron chi connectivity index (χ2n) is 7.74. The van der Waals surface area contributed by atoms with Crippen molar-refractivity contribution in [1.82, 2.24) is 4.98 Å². The summed E-state index contributed by atoms with van der Waals surface area (Å²) in [6.07, 6.45) is 16.3. The Morgan fingerprint density at radius 2 is 1.35 bits per heavy atom. The summed E-state index contributed by atoms with van der Waals surface area (Å²) < 4.78 is 0. The van der Waals surface area contributed by atoms with E-state index in [2.05, 4.69) is 91.1 Å². The number of pyridine rings is 1. The van der Waals surface area contributed by atoms with Crippen molar-refractivity contribution in [2.24, 2.45) is 17.8 Å². The Morgan fingerprint density at radius 1 is 0.654 bits per heavy atom. The van der Waals surface area contributed by atoms with Gasteiger partial charge in [0.2, 0.25) is 0 Å². The van der Waals surface area contributed by atoms with Crippen LogP contribution in [0, 0.1) is 17.8 Å². The molecule has 0 spiro atoms. The summed E-state index contributed by atoms with van der Waals surface area (Å²) in [6.45, 7) is 0. The molecule has 26 heavy (non-hydrogen) atoms. The Balaban J connectivity index is 1.50. The number of allylic oxidation sites excluding steroid dienone is 6. The van der Waals surface area contributed by atoms with Crippen molar-refractivity contribution in [1.29, 1.82) is 0 Å². The highest BCUT2D eigenvalue weighted by atomic mass is 14.7. The first-order valence-electron chi connectivity index (χ1n) is 9.36. The standard InChI is InChI=1S/C25H19N/c1-2-4-17(5-3-1)18-6-7-19-16-26-24(15-20(19)14-18)25-11-8-21-22(9-12-25)23(21)10-13-25/h1-16,21-23H. The van der Waals surface area contributed by atoms with Crippen molar-refractivity contribution in [3.63, 3.8) is 0 Å². The van der Waals surface area contributed by atoms with E-state index in [0.29, 0.717) is 17.8 Å². The molecule has 0 amide bonds. The number of hydrogen-bond acceptors (Lipinski definition) is 1. The molecule has 4 bridgehead atoms. The Labute approximate surface area is 153 Å². The van der Waals surface area contributed by atoms with Gasteiger partial charge in [-0.1, -0.05) is 78.9 Å². The summed E-state index contributed by atoms with van der Waals surface area (Å²) in [5, 5.41) is 2.44. The van der Waals surface area contributed by atoms with Gasteiger partial charge in [-0.15, -0.1) is 0 Å². The highest BCUT2D eigenvalue weighted by molar-refractivity contribution is 5.87. The van der Waals surface area contributed by atoms with Gasteiger partial charge in [0.15, 0.2) is 0 Å². The summed E-state index contributed by atoms with van der Waals surface area (Å²) in [6, 6.07) is 19.5. The molecule has 0 saturated heterocycles. The van der Waals surface area contributed by atoms with E-state index >= 15 is 0 Å². The first-order chi connectivity index (χ1) is 12.8. The van der Waals surface area contributed by atoms with E-state index in [1.807, 2.05) is 6.20 Å². The fraction of sp³-hybridized carbons (Fsp3) is 0.160. The smallest absolute Gasteiger partial charge is 0.0666 e. The lowest BCUT2D eigenvalue weighted by Crippen LogP contribution is -2.18. The van der Waals surface area contributed by atoms with Crippen molar-refractivity contribution in [3.05, 3.63) is 103 Å². The molecule has 1 heterocycles. The van der Waals surface area contributed by atoms with Gasteiger partial charge in [-0.2, -0.15) is 0 Å². The van der Waals surface area contributed by atoms with Crippen molar-refractivity contribution < 1.29 is 0 Å². The van der Waals surface area contributed by atoms with Crippen LogP contribution < -0.4 is 0 Å². The average molecular weight is 333 g/mol. The van der Waals surface area contributed by atoms with Crippen LogP contribution in [0.4, 0.5) is 0 Å². The molecule has 4 aliphatic rings. The maximum Gasteiger partial charge on any atom is 0.0666 e. The summed E-state index contributed by atoms with van der Waals surface area (Å²) in [7, 11) is 0. The quantitative estimate of drug-likeness (QED) is 0.548. The van der Waals surface area contributed by atoms with Crippen LogP contribution in [0.25, 0.3) is 21.9 Å². The van der Waals surface area contributed by atoms with E-state index in [9.17, 15) is 0 Å². The molecule has 0 unspecified atom stereocenters. The first-order valence-corrected chi connectivity index (χ1v) is 9.36. The lowest BCUT2D eigenvalue weighted by Gasteiger charge is -2.22. The third kappa shape index (κ3) is 2.00. The molecule has 3 aromatic rings. The van der Waals surface area contributed by atoms with Gasteiger partial charge in [0.25, 0.3) is 0 Å². The molecule has 1 nitrogen and oxygen atoms in total. The van der Waals surface area contributed by atoms with E-state index < -0.39 is 0 Å². The summed E-state index contributed by atoms with van der Waals surface area (Å²) >= 11 is 0. The predicted molar refractivity (Wildman–Crippen MR) is 107 cm³/mol. The molecular formula is C25H19N. The van der Waals surface area contributed by atoms with Crippen LogP contribution in [0.15, 0.2) is 97.3 Å². The minimum atomic E-state index is -0.185. The van der Waals surface area contributed by atoms with Crippen LogP contribution in [0.2, 0.25) is 0 Å². The second kappa shape index (κ2) is 5.04. The molecule has 0 aliphatic heterocycles. The van der Waals surface area contributed by atoms with Gasteiger partial charge >= 0.3 is 0 Å². The summed E-state index contributed by atoms with van der Waals surface area (Å²) in [5.41, 5.74) is 3.43. The van der Waals surface area contributed by atoms with Crippen LogP contribution in [-0.2, 0) is 5.41 Å². The topological polar surface area (TPSA) is 12.9 Å². The molecule has 4 aliphatic carbocycles. The van der Waals surface area contributed by atoms with Gasteiger partial charge in [0.1, 0.15) is 0 Å². The summed E-state index contributed by atoms with van der Waals surface area (Å²) in [5.74, 6) is 2.12. The Kier molecular flexibility index (Phi) is 2.77. The van der Waals surface area contributed by atoms with E-state index in [4.69, 9.17) is 4.98 Å². The molecule has 0 atom stereocenters. The molecule has 0 N–H and O–H groups in total. The van der Waals surface area contributed by atoms with Crippen LogP contribution in [-0.4, -0.2) is 4.98 Å². The zero-order valence-corrected chi connectivity index (χ0v) is 14.4. The molecule has 1 saturated carbocycles. The number of benzene rings is 2. The first kappa shape index (κ1) is 14.3. The normalized spacial score (nSPS) is 30.4. The largest absolute Gasteiger partial charge is 0.259 e. The lowest BCUT2D eigenvalue weighted by atomic mass is 9.83. The summed E-state index contributed by atoms with van der Waals surface area (Å²) in [4.78, 5) is 4.84. The minimum absolute atomic E-state index is 0.185. The van der Waals surface area contributed by atoms with Crippen LogP contribution in [0.1, 0.15) is 5.69 Å². The number of aromatic nitrogens is 1. The Hall–Kier alpha value is -2.93. The maximum atomic E-state index is 4.84. The van der Waals surface area contributed by atoms with Crippen molar-refractivity contribution in [2.45, 2.75) is 5.41 Å². The van der Waals surface area contributed by atoms with Crippen LogP contribution >= 0.6 is 0 Å². The third-order valence-electron chi connectivity index (χ3n) is 6.25. The van der Waals surface area contributed by atoms with Crippen LogP contribution in [0.3, 0.4) is 0 Å². The predicted octanol–water partition coefficient (Wildman–Crippen LogP) is 5.70. The van der Waals surface area contributed by atoms with Gasteiger partial charge in [0.05, 0.1) is 11.1 Å². The number of fused-ring (bicyclic) bond motifs is 1. The van der Waals surface area contributed by atoms with E-state index in [-0.39, 0.29) is 5.41 Å². The third-order valence-corrected chi connectivity index (χ3v) is 6.25. The zero-order chi connectivity index (χ0) is 17.1. The van der Waals surface area contributed by atoms with E-state index in [0.717, 1.165) is 5.69 Å². The fourth-order valence-electron chi connectivity index (χ4n) is 4.58. The molecule has 2 aromatic carbocycles. The molecule has 0 radical (unpaired) electrons.